The first-order valence-electron chi connectivity index (χ1n) is 20.1. The van der Waals surface area contributed by atoms with Crippen LogP contribution in [0.25, 0.3) is 0 Å². The van der Waals surface area contributed by atoms with Crippen molar-refractivity contribution >= 4 is 58.9 Å². The maximum Gasteiger partial charge on any atom is 0.416 e. The second-order valence-electron chi connectivity index (χ2n) is 16.7. The molecule has 66 heavy (non-hydrogen) atoms. The third-order valence-corrected chi connectivity index (χ3v) is 8.74. The molecule has 1 saturated heterocycles. The van der Waals surface area contributed by atoms with Gasteiger partial charge in [0, 0.05) is 37.7 Å². The quantitative estimate of drug-likeness (QED) is 0.0329. The van der Waals surface area contributed by atoms with Gasteiger partial charge >= 0.3 is 36.7 Å². The van der Waals surface area contributed by atoms with Crippen LogP contribution in [0.5, 0.6) is 17.2 Å². The molecule has 18 nitrogen and oxygen atoms in total. The fourth-order valence-electron chi connectivity index (χ4n) is 6.07. The Morgan fingerprint density at radius 3 is 1.91 bits per heavy atom. The van der Waals surface area contributed by atoms with E-state index in [9.17, 15) is 55.4 Å². The number of halogens is 6. The summed E-state index contributed by atoms with van der Waals surface area (Å²) in [5.74, 6) is -2.00. The lowest BCUT2D eigenvalue weighted by Gasteiger charge is -2.28. The Morgan fingerprint density at radius 2 is 1.39 bits per heavy atom. The third-order valence-electron chi connectivity index (χ3n) is 8.74. The van der Waals surface area contributed by atoms with Crippen molar-refractivity contribution in [3.05, 3.63) is 65.7 Å². The molecule has 360 valence electrons. The van der Waals surface area contributed by atoms with Gasteiger partial charge in [0.05, 0.1) is 34.7 Å². The zero-order valence-corrected chi connectivity index (χ0v) is 36.6. The Kier molecular flexibility index (Phi) is 16.2. The Bertz CT molecular complexity index is 2260. The molecule has 1 fully saturated rings. The van der Waals surface area contributed by atoms with Crippen molar-refractivity contribution in [2.24, 2.45) is 10.7 Å². The molecule has 0 unspecified atom stereocenters. The van der Waals surface area contributed by atoms with E-state index in [0.717, 1.165) is 11.0 Å². The number of rotatable bonds is 12. The third kappa shape index (κ3) is 15.8. The van der Waals surface area contributed by atoms with Gasteiger partial charge in [-0.2, -0.15) is 26.3 Å². The number of likely N-dealkylation sites (tertiary alicyclic amines) is 1. The summed E-state index contributed by atoms with van der Waals surface area (Å²) in [7, 11) is 0. The van der Waals surface area contributed by atoms with Crippen LogP contribution in [0.1, 0.15) is 78.4 Å². The molecule has 8 N–H and O–H groups in total. The maximum atomic E-state index is 14.6. The van der Waals surface area contributed by atoms with Crippen LogP contribution in [-0.2, 0) is 26.6 Å². The summed E-state index contributed by atoms with van der Waals surface area (Å²) in [6.07, 6.45) is -14.0. The number of nitrogens with one attached hydrogen (secondary N) is 3. The van der Waals surface area contributed by atoms with Crippen LogP contribution in [0.4, 0.5) is 68.3 Å². The minimum Gasteiger partial charge on any atom is -0.484 e. The number of benzene rings is 3. The predicted octanol–water partition coefficient (Wildman–Crippen LogP) is 8.96. The first-order valence-corrected chi connectivity index (χ1v) is 20.1. The summed E-state index contributed by atoms with van der Waals surface area (Å²) >= 11 is 0. The number of hydrogen-bond donors (Lipinski definition) is 6. The van der Waals surface area contributed by atoms with Gasteiger partial charge in [-0.05, 0) is 103 Å². The summed E-state index contributed by atoms with van der Waals surface area (Å²) in [5.41, 5.74) is 5.54. The Labute approximate surface area is 374 Å². The number of hydrogen-bond acceptors (Lipinski definition) is 11. The van der Waals surface area contributed by atoms with Gasteiger partial charge in [-0.25, -0.2) is 19.2 Å². The Hall–Kier alpha value is -7.14. The molecular formula is C42H50F6N8O10. The zero-order chi connectivity index (χ0) is 49.4. The minimum absolute atomic E-state index is 0.0129. The predicted molar refractivity (Wildman–Crippen MR) is 228 cm³/mol. The maximum absolute atomic E-state index is 14.6. The molecule has 0 aromatic heterocycles. The number of primary amides is 1. The van der Waals surface area contributed by atoms with Crippen LogP contribution < -0.4 is 41.8 Å². The van der Waals surface area contributed by atoms with Crippen molar-refractivity contribution in [1.82, 2.24) is 15.5 Å². The highest BCUT2D eigenvalue weighted by atomic mass is 19.4. The lowest BCUT2D eigenvalue weighted by Crippen LogP contribution is -2.47. The SMILES string of the molecule is CC(C)(C)OC(=O)NC(=NCCCCC(=O)Nc1cc(C(F)(F)F)cc(N(C(N)=O)c2ccc(Oc3cc(N)cc(C(F)(F)F)c3)cc2)c1O[C@@H]1CCN(C(=O)O)C1)NC(=O)OC(C)(C)C. The molecular weight excluding hydrogens is 890 g/mol. The number of carbonyl (C=O) groups excluding carboxylic acids is 4. The van der Waals surface area contributed by atoms with Crippen LogP contribution in [0.2, 0.25) is 0 Å². The van der Waals surface area contributed by atoms with E-state index in [1.165, 1.54) is 24.3 Å². The first kappa shape index (κ1) is 51.5. The van der Waals surface area contributed by atoms with Crippen molar-refractivity contribution in [2.75, 3.05) is 35.6 Å². The van der Waals surface area contributed by atoms with Crippen molar-refractivity contribution in [3.8, 4) is 17.2 Å². The second kappa shape index (κ2) is 20.8. The van der Waals surface area contributed by atoms with Crippen molar-refractivity contribution in [2.45, 2.75) is 96.9 Å². The number of nitrogen functional groups attached to an aromatic ring is 1. The van der Waals surface area contributed by atoms with E-state index in [2.05, 4.69) is 20.9 Å². The molecule has 4 rings (SSSR count). The molecule has 3 aromatic carbocycles. The number of ether oxygens (including phenoxy) is 4. The summed E-state index contributed by atoms with van der Waals surface area (Å²) in [6.45, 7) is 9.36. The van der Waals surface area contributed by atoms with Crippen LogP contribution in [0.15, 0.2) is 59.6 Å². The molecule has 0 radical (unpaired) electrons. The number of amides is 6. The number of anilines is 4. The van der Waals surface area contributed by atoms with E-state index < -0.39 is 88.1 Å². The first-order chi connectivity index (χ1) is 30.5. The standard InChI is InChI=1S/C42H50F6N8O10/c1-39(2,3)65-36(59)53-35(54-37(60)66-40(4,5)6)51-15-8-7-9-32(57)52-30-19-24(42(46,47)48)20-31(33(30)64-28-14-16-55(22-28)38(61)62)56(34(50)58)26-10-12-27(13-11-26)63-29-18-23(41(43,44)45)17-25(49)21-29/h10-13,17-21,28H,7-9,14-16,22,49H2,1-6H3,(H2,50,58)(H,52,57)(H,61,62)(H2,51,53,54,59,60)/t28-/m1/s1. The average Bonchev–Trinajstić information content (AvgIpc) is 3.63. The molecule has 0 spiro atoms. The average molecular weight is 941 g/mol. The monoisotopic (exact) mass is 940 g/mol. The lowest BCUT2D eigenvalue weighted by atomic mass is 10.1. The van der Waals surface area contributed by atoms with Gasteiger partial charge in [-0.3, -0.25) is 25.3 Å². The zero-order valence-electron chi connectivity index (χ0n) is 36.6. The highest BCUT2D eigenvalue weighted by Crippen LogP contribution is 2.46. The molecule has 1 aliphatic rings. The number of carbonyl (C=O) groups is 5. The Morgan fingerprint density at radius 1 is 0.818 bits per heavy atom. The molecule has 0 aliphatic carbocycles. The van der Waals surface area contributed by atoms with Crippen molar-refractivity contribution in [3.63, 3.8) is 0 Å². The molecule has 1 atom stereocenters. The summed E-state index contributed by atoms with van der Waals surface area (Å²) in [4.78, 5) is 68.9. The lowest BCUT2D eigenvalue weighted by molar-refractivity contribution is -0.138. The number of unbranched alkanes of at least 4 members (excludes halogenated alkanes) is 1. The van der Waals surface area contributed by atoms with Crippen LogP contribution in [0.3, 0.4) is 0 Å². The number of guanidine groups is 1. The van der Waals surface area contributed by atoms with Crippen LogP contribution in [0, 0.1) is 0 Å². The molecule has 0 saturated carbocycles. The van der Waals surface area contributed by atoms with E-state index in [-0.39, 0.29) is 74.2 Å². The largest absolute Gasteiger partial charge is 0.484 e. The molecule has 24 heteroatoms. The molecule has 3 aromatic rings. The number of alkyl carbamates (subject to hydrolysis) is 2. The van der Waals surface area contributed by atoms with E-state index in [4.69, 9.17) is 30.4 Å². The van der Waals surface area contributed by atoms with Gasteiger partial charge in [-0.1, -0.05) is 0 Å². The van der Waals surface area contributed by atoms with Gasteiger partial charge < -0.3 is 45.7 Å². The summed E-state index contributed by atoms with van der Waals surface area (Å²) in [6, 6.07) is 7.01. The molecule has 1 aliphatic heterocycles. The van der Waals surface area contributed by atoms with Crippen molar-refractivity contribution < 1.29 is 74.4 Å². The van der Waals surface area contributed by atoms with Gasteiger partial charge in [0.2, 0.25) is 11.9 Å². The highest BCUT2D eigenvalue weighted by molar-refractivity contribution is 6.03. The number of urea groups is 1. The molecule has 0 bridgehead atoms. The number of aliphatic imine (C=N–C) groups is 1. The van der Waals surface area contributed by atoms with Crippen LogP contribution >= 0.6 is 0 Å². The van der Waals surface area contributed by atoms with Gasteiger partial charge in [-0.15, -0.1) is 0 Å². The number of nitrogens with two attached hydrogens (primary N) is 2. The van der Waals surface area contributed by atoms with Crippen LogP contribution in [-0.4, -0.2) is 83.1 Å². The molecule has 6 amide bonds. The fraction of sp³-hybridized carbons (Fsp3) is 0.429. The Balaban J connectivity index is 1.64. The van der Waals surface area contributed by atoms with Gasteiger partial charge in [0.1, 0.15) is 28.8 Å². The van der Waals surface area contributed by atoms with Gasteiger partial charge in [0.25, 0.3) is 0 Å². The normalized spacial score (nSPS) is 14.1. The fourth-order valence-corrected chi connectivity index (χ4v) is 6.07. The van der Waals surface area contributed by atoms with E-state index in [1.54, 1.807) is 41.5 Å². The summed E-state index contributed by atoms with van der Waals surface area (Å²) < 4.78 is 106. The number of alkyl halides is 6. The molecule has 1 heterocycles. The van der Waals surface area contributed by atoms with E-state index in [0.29, 0.717) is 29.2 Å². The highest BCUT2D eigenvalue weighted by Gasteiger charge is 2.37. The number of nitrogens with zero attached hydrogens (tertiary/aromatic N) is 3. The summed E-state index contributed by atoms with van der Waals surface area (Å²) in [5, 5.41) is 16.6. The van der Waals surface area contributed by atoms with E-state index >= 15 is 0 Å². The number of carboxylic acid groups (broad SMARTS) is 1. The smallest absolute Gasteiger partial charge is 0.416 e. The van der Waals surface area contributed by atoms with Crippen molar-refractivity contribution in [1.29, 1.82) is 0 Å². The van der Waals surface area contributed by atoms with Gasteiger partial charge in [0.15, 0.2) is 5.75 Å². The van der Waals surface area contributed by atoms with E-state index in [1.807, 2.05) is 0 Å². The second-order valence-corrected chi connectivity index (χ2v) is 16.7. The topological polar surface area (TPSA) is 249 Å². The minimum atomic E-state index is -5.08.